The molecule has 86 valence electrons. The van der Waals surface area contributed by atoms with Crippen LogP contribution >= 0.6 is 0 Å². The number of H-pyrrole nitrogens is 1. The standard InChI is InChI=1S/C11H9N3O3/c15-10-8(6-12-17)11(16)14-13-9(10)7-4-2-1-3-5-7/h1-6,17H,(H2,14,15,16)/b12-6-. The SMILES string of the molecule is O=c1[nH]nc(-c2ccccc2)c(O)c1/C=N\O. The molecule has 0 atom stereocenters. The quantitative estimate of drug-likeness (QED) is 0.407. The van der Waals surface area contributed by atoms with Gasteiger partial charge in [0.15, 0.2) is 5.75 Å². The molecule has 1 aromatic carbocycles. The predicted octanol–water partition coefficient (Wildman–Crippen LogP) is 0.951. The molecule has 0 fully saturated rings. The highest BCUT2D eigenvalue weighted by atomic mass is 16.4. The van der Waals surface area contributed by atoms with Gasteiger partial charge in [0.05, 0.1) is 6.21 Å². The van der Waals surface area contributed by atoms with Gasteiger partial charge in [-0.1, -0.05) is 35.5 Å². The van der Waals surface area contributed by atoms with E-state index in [9.17, 15) is 9.90 Å². The fraction of sp³-hybridized carbons (Fsp3) is 0. The number of benzene rings is 1. The molecule has 0 saturated carbocycles. The summed E-state index contributed by atoms with van der Waals surface area (Å²) in [7, 11) is 0. The summed E-state index contributed by atoms with van der Waals surface area (Å²) >= 11 is 0. The maximum Gasteiger partial charge on any atom is 0.276 e. The minimum Gasteiger partial charge on any atom is -0.505 e. The maximum atomic E-state index is 11.3. The van der Waals surface area contributed by atoms with Crippen molar-refractivity contribution in [1.82, 2.24) is 10.2 Å². The molecule has 0 bridgehead atoms. The number of aromatic hydroxyl groups is 1. The normalized spacial score (nSPS) is 10.8. The molecular formula is C11H9N3O3. The topological polar surface area (TPSA) is 98.6 Å². The second-order valence-corrected chi connectivity index (χ2v) is 3.27. The summed E-state index contributed by atoms with van der Waals surface area (Å²) in [6, 6.07) is 8.85. The van der Waals surface area contributed by atoms with E-state index in [1.807, 2.05) is 6.07 Å². The van der Waals surface area contributed by atoms with Crippen LogP contribution in [0.5, 0.6) is 5.75 Å². The Labute approximate surface area is 95.9 Å². The van der Waals surface area contributed by atoms with E-state index in [2.05, 4.69) is 15.4 Å². The van der Waals surface area contributed by atoms with Gasteiger partial charge in [0.1, 0.15) is 11.3 Å². The zero-order valence-corrected chi connectivity index (χ0v) is 8.66. The van der Waals surface area contributed by atoms with E-state index in [0.717, 1.165) is 6.21 Å². The number of rotatable bonds is 2. The molecule has 0 unspecified atom stereocenters. The van der Waals surface area contributed by atoms with Gasteiger partial charge in [-0.2, -0.15) is 5.10 Å². The number of hydrogen-bond donors (Lipinski definition) is 3. The van der Waals surface area contributed by atoms with Crippen LogP contribution in [-0.4, -0.2) is 26.7 Å². The van der Waals surface area contributed by atoms with E-state index in [1.165, 1.54) is 0 Å². The van der Waals surface area contributed by atoms with E-state index >= 15 is 0 Å². The minimum atomic E-state index is -0.625. The van der Waals surface area contributed by atoms with Crippen molar-refractivity contribution in [1.29, 1.82) is 0 Å². The van der Waals surface area contributed by atoms with Crippen molar-refractivity contribution in [2.75, 3.05) is 0 Å². The monoisotopic (exact) mass is 231 g/mol. The van der Waals surface area contributed by atoms with Crippen LogP contribution in [0.3, 0.4) is 0 Å². The van der Waals surface area contributed by atoms with Crippen LogP contribution in [0, 0.1) is 0 Å². The van der Waals surface area contributed by atoms with E-state index in [0.29, 0.717) is 5.56 Å². The Hall–Kier alpha value is -2.63. The van der Waals surface area contributed by atoms with Gasteiger partial charge < -0.3 is 10.3 Å². The lowest BCUT2D eigenvalue weighted by molar-refractivity contribution is 0.321. The summed E-state index contributed by atoms with van der Waals surface area (Å²) in [5.74, 6) is -0.322. The number of aromatic nitrogens is 2. The Kier molecular flexibility index (Phi) is 2.87. The molecule has 1 aromatic heterocycles. The molecule has 0 amide bonds. The molecule has 0 aliphatic heterocycles. The van der Waals surface area contributed by atoms with Crippen LogP contribution in [0.15, 0.2) is 40.3 Å². The number of nitrogens with one attached hydrogen (secondary N) is 1. The average molecular weight is 231 g/mol. The molecule has 6 nitrogen and oxygen atoms in total. The summed E-state index contributed by atoms with van der Waals surface area (Å²) in [5.41, 5.74) is 0.107. The predicted molar refractivity (Wildman–Crippen MR) is 61.3 cm³/mol. The van der Waals surface area contributed by atoms with Crippen LogP contribution in [0.25, 0.3) is 11.3 Å². The molecule has 2 rings (SSSR count). The Balaban J connectivity index is 2.65. The first-order valence-electron chi connectivity index (χ1n) is 4.78. The zero-order chi connectivity index (χ0) is 12.3. The second kappa shape index (κ2) is 4.48. The van der Waals surface area contributed by atoms with Crippen molar-refractivity contribution >= 4 is 6.21 Å². The molecule has 0 radical (unpaired) electrons. The van der Waals surface area contributed by atoms with Crippen LogP contribution in [0.4, 0.5) is 0 Å². The Bertz CT molecular complexity index is 605. The first-order valence-corrected chi connectivity index (χ1v) is 4.78. The van der Waals surface area contributed by atoms with Gasteiger partial charge in [0, 0.05) is 5.56 Å². The fourth-order valence-electron chi connectivity index (χ4n) is 1.43. The van der Waals surface area contributed by atoms with Crippen molar-refractivity contribution in [3.63, 3.8) is 0 Å². The van der Waals surface area contributed by atoms with Crippen LogP contribution in [-0.2, 0) is 0 Å². The molecule has 3 N–H and O–H groups in total. The van der Waals surface area contributed by atoms with E-state index < -0.39 is 5.56 Å². The van der Waals surface area contributed by atoms with Crippen LogP contribution < -0.4 is 5.56 Å². The molecular weight excluding hydrogens is 222 g/mol. The second-order valence-electron chi connectivity index (χ2n) is 3.27. The smallest absolute Gasteiger partial charge is 0.276 e. The van der Waals surface area contributed by atoms with Gasteiger partial charge in [0.25, 0.3) is 5.56 Å². The molecule has 0 spiro atoms. The Morgan fingerprint density at radius 1 is 1.29 bits per heavy atom. The van der Waals surface area contributed by atoms with E-state index in [1.54, 1.807) is 24.3 Å². The average Bonchev–Trinajstić information content (AvgIpc) is 2.36. The van der Waals surface area contributed by atoms with E-state index in [-0.39, 0.29) is 17.0 Å². The first kappa shape index (κ1) is 10.9. The maximum absolute atomic E-state index is 11.3. The number of oxime groups is 1. The van der Waals surface area contributed by atoms with Crippen LogP contribution in [0.2, 0.25) is 0 Å². The molecule has 0 saturated heterocycles. The van der Waals surface area contributed by atoms with Gasteiger partial charge in [-0.05, 0) is 0 Å². The highest BCUT2D eigenvalue weighted by Gasteiger charge is 2.13. The lowest BCUT2D eigenvalue weighted by Crippen LogP contribution is -2.14. The fourth-order valence-corrected chi connectivity index (χ4v) is 1.43. The van der Waals surface area contributed by atoms with Gasteiger partial charge >= 0.3 is 0 Å². The number of aromatic amines is 1. The molecule has 1 heterocycles. The van der Waals surface area contributed by atoms with Crippen molar-refractivity contribution in [3.05, 3.63) is 46.2 Å². The molecule has 17 heavy (non-hydrogen) atoms. The van der Waals surface area contributed by atoms with Gasteiger partial charge in [-0.3, -0.25) is 4.79 Å². The largest absolute Gasteiger partial charge is 0.505 e. The molecule has 0 aliphatic rings. The third-order valence-electron chi connectivity index (χ3n) is 2.23. The minimum absolute atomic E-state index is 0.138. The number of nitrogens with zero attached hydrogens (tertiary/aromatic N) is 2. The third kappa shape index (κ3) is 2.00. The third-order valence-corrected chi connectivity index (χ3v) is 2.23. The summed E-state index contributed by atoms with van der Waals surface area (Å²) < 4.78 is 0. The van der Waals surface area contributed by atoms with Crippen molar-refractivity contribution < 1.29 is 10.3 Å². The van der Waals surface area contributed by atoms with Crippen molar-refractivity contribution in [3.8, 4) is 17.0 Å². The highest BCUT2D eigenvalue weighted by Crippen LogP contribution is 2.26. The summed E-state index contributed by atoms with van der Waals surface area (Å²) in [5, 5.41) is 27.0. The summed E-state index contributed by atoms with van der Waals surface area (Å²) in [6.07, 6.45) is 0.863. The van der Waals surface area contributed by atoms with E-state index in [4.69, 9.17) is 5.21 Å². The lowest BCUT2D eigenvalue weighted by Gasteiger charge is -2.04. The number of hydrogen-bond acceptors (Lipinski definition) is 5. The van der Waals surface area contributed by atoms with Crippen molar-refractivity contribution in [2.24, 2.45) is 5.16 Å². The first-order chi connectivity index (χ1) is 8.24. The van der Waals surface area contributed by atoms with Crippen molar-refractivity contribution in [2.45, 2.75) is 0 Å². The molecule has 6 heteroatoms. The summed E-state index contributed by atoms with van der Waals surface area (Å²) in [6.45, 7) is 0. The lowest BCUT2D eigenvalue weighted by atomic mass is 10.1. The Morgan fingerprint density at radius 3 is 2.65 bits per heavy atom. The molecule has 0 aliphatic carbocycles. The van der Waals surface area contributed by atoms with Gasteiger partial charge in [-0.15, -0.1) is 0 Å². The van der Waals surface area contributed by atoms with Crippen LogP contribution in [0.1, 0.15) is 5.56 Å². The zero-order valence-electron chi connectivity index (χ0n) is 8.66. The van der Waals surface area contributed by atoms with Gasteiger partial charge in [0.2, 0.25) is 0 Å². The molecule has 2 aromatic rings. The highest BCUT2D eigenvalue weighted by molar-refractivity contribution is 5.86. The Morgan fingerprint density at radius 2 is 2.00 bits per heavy atom. The summed E-state index contributed by atoms with van der Waals surface area (Å²) in [4.78, 5) is 11.3. The van der Waals surface area contributed by atoms with Gasteiger partial charge in [-0.25, -0.2) is 5.10 Å².